The van der Waals surface area contributed by atoms with Crippen LogP contribution in [-0.2, 0) is 11.3 Å². The lowest BCUT2D eigenvalue weighted by Gasteiger charge is -2.05. The van der Waals surface area contributed by atoms with Gasteiger partial charge in [0.1, 0.15) is 28.7 Å². The maximum absolute atomic E-state index is 13.4. The molecule has 2 rings (SSSR count). The first-order chi connectivity index (χ1) is 9.51. The summed E-state index contributed by atoms with van der Waals surface area (Å²) in [4.78, 5) is 11.4. The number of aryl methyl sites for hydroxylation is 1. The smallest absolute Gasteiger partial charge is 0.341 e. The summed E-state index contributed by atoms with van der Waals surface area (Å²) in [6.07, 6.45) is 0. The molecule has 0 atom stereocenters. The Hall–Kier alpha value is -2.37. The van der Waals surface area contributed by atoms with Crippen LogP contribution < -0.4 is 5.32 Å². The summed E-state index contributed by atoms with van der Waals surface area (Å²) in [6.45, 7) is 1.80. The highest BCUT2D eigenvalue weighted by Gasteiger charge is 2.15. The summed E-state index contributed by atoms with van der Waals surface area (Å²) in [5.41, 5.74) is 0.476. The van der Waals surface area contributed by atoms with Crippen LogP contribution >= 0.6 is 0 Å². The van der Waals surface area contributed by atoms with Crippen molar-refractivity contribution in [3.63, 3.8) is 0 Å². The van der Waals surface area contributed by atoms with Crippen molar-refractivity contribution in [1.82, 2.24) is 0 Å². The number of ether oxygens (including phenoxy) is 1. The zero-order valence-corrected chi connectivity index (χ0v) is 11.0. The molecule has 0 aliphatic heterocycles. The minimum absolute atomic E-state index is 0.153. The molecule has 0 aliphatic carbocycles. The van der Waals surface area contributed by atoms with E-state index in [1.807, 2.05) is 0 Å². The number of benzene rings is 1. The molecule has 20 heavy (non-hydrogen) atoms. The van der Waals surface area contributed by atoms with Gasteiger partial charge in [-0.05, 0) is 25.1 Å². The second-order valence-electron chi connectivity index (χ2n) is 4.15. The summed E-state index contributed by atoms with van der Waals surface area (Å²) in [7, 11) is 1.28. The summed E-state index contributed by atoms with van der Waals surface area (Å²) in [5.74, 6) is -0.957. The second kappa shape index (κ2) is 5.73. The summed E-state index contributed by atoms with van der Waals surface area (Å²) in [6, 6.07) is 4.76. The number of methoxy groups -OCH3 is 1. The molecule has 0 fully saturated rings. The molecule has 1 aromatic carbocycles. The van der Waals surface area contributed by atoms with Crippen molar-refractivity contribution in [2.75, 3.05) is 12.4 Å². The van der Waals surface area contributed by atoms with Crippen LogP contribution in [0.4, 0.5) is 14.5 Å². The number of halogens is 2. The van der Waals surface area contributed by atoms with Crippen molar-refractivity contribution in [2.24, 2.45) is 0 Å². The number of esters is 1. The molecule has 0 saturated carbocycles. The fourth-order valence-corrected chi connectivity index (χ4v) is 1.76. The highest BCUT2D eigenvalue weighted by molar-refractivity contribution is 5.90. The van der Waals surface area contributed by atoms with Crippen LogP contribution in [0, 0.1) is 18.6 Å². The van der Waals surface area contributed by atoms with Crippen molar-refractivity contribution >= 4 is 11.7 Å². The van der Waals surface area contributed by atoms with Gasteiger partial charge in [0.2, 0.25) is 0 Å². The van der Waals surface area contributed by atoms with Gasteiger partial charge in [-0.2, -0.15) is 0 Å². The van der Waals surface area contributed by atoms with E-state index in [9.17, 15) is 13.6 Å². The second-order valence-corrected chi connectivity index (χ2v) is 4.15. The average molecular weight is 281 g/mol. The predicted molar refractivity (Wildman–Crippen MR) is 68.5 cm³/mol. The first-order valence-corrected chi connectivity index (χ1v) is 5.88. The van der Waals surface area contributed by atoms with Gasteiger partial charge in [0, 0.05) is 6.07 Å². The van der Waals surface area contributed by atoms with Gasteiger partial charge in [0.25, 0.3) is 0 Å². The lowest BCUT2D eigenvalue weighted by molar-refractivity contribution is 0.0599. The number of nitrogens with one attached hydrogen (secondary N) is 1. The highest BCUT2D eigenvalue weighted by Crippen LogP contribution is 2.19. The van der Waals surface area contributed by atoms with Crippen molar-refractivity contribution in [3.8, 4) is 0 Å². The van der Waals surface area contributed by atoms with Crippen LogP contribution in [0.1, 0.15) is 21.9 Å². The molecule has 1 N–H and O–H groups in total. The van der Waals surface area contributed by atoms with E-state index in [1.165, 1.54) is 19.2 Å². The first-order valence-electron chi connectivity index (χ1n) is 5.88. The summed E-state index contributed by atoms with van der Waals surface area (Å²) >= 11 is 0. The number of rotatable bonds is 4. The fourth-order valence-electron chi connectivity index (χ4n) is 1.76. The summed E-state index contributed by atoms with van der Waals surface area (Å²) < 4.78 is 36.1. The van der Waals surface area contributed by atoms with E-state index in [1.54, 1.807) is 6.92 Å². The lowest BCUT2D eigenvalue weighted by Crippen LogP contribution is -2.02. The molecule has 0 radical (unpaired) electrons. The largest absolute Gasteiger partial charge is 0.465 e. The zero-order chi connectivity index (χ0) is 14.7. The average Bonchev–Trinajstić information content (AvgIpc) is 2.78. The van der Waals surface area contributed by atoms with E-state index in [0.717, 1.165) is 12.1 Å². The monoisotopic (exact) mass is 281 g/mol. The van der Waals surface area contributed by atoms with Gasteiger partial charge in [-0.25, -0.2) is 13.6 Å². The van der Waals surface area contributed by atoms with E-state index in [0.29, 0.717) is 17.1 Å². The van der Waals surface area contributed by atoms with Gasteiger partial charge < -0.3 is 14.5 Å². The molecule has 0 aliphatic rings. The third-order valence-electron chi connectivity index (χ3n) is 2.76. The van der Waals surface area contributed by atoms with Gasteiger partial charge in [-0.3, -0.25) is 0 Å². The maximum atomic E-state index is 13.4. The van der Waals surface area contributed by atoms with Crippen LogP contribution in [0.15, 0.2) is 28.7 Å². The zero-order valence-electron chi connectivity index (χ0n) is 11.0. The van der Waals surface area contributed by atoms with E-state index in [2.05, 4.69) is 10.1 Å². The normalized spacial score (nSPS) is 10.4. The minimum Gasteiger partial charge on any atom is -0.465 e. The molecule has 6 heteroatoms. The Morgan fingerprint density at radius 3 is 2.75 bits per heavy atom. The quantitative estimate of drug-likeness (QED) is 0.874. The van der Waals surface area contributed by atoms with Crippen LogP contribution in [-0.4, -0.2) is 13.1 Å². The molecular weight excluding hydrogens is 268 g/mol. The number of furan rings is 1. The van der Waals surface area contributed by atoms with Gasteiger partial charge in [0.15, 0.2) is 0 Å². The Kier molecular flexibility index (Phi) is 4.02. The van der Waals surface area contributed by atoms with Gasteiger partial charge in [-0.15, -0.1) is 0 Å². The standard InChI is InChI=1S/C14H13F2NO3/c1-8-11(14(18)19-2)6-10(20-8)7-17-13-4-3-9(15)5-12(13)16/h3-6,17H,7H2,1-2H3. The van der Waals surface area contributed by atoms with Crippen LogP contribution in [0.25, 0.3) is 0 Å². The Bertz CT molecular complexity index is 637. The van der Waals surface area contributed by atoms with Gasteiger partial charge in [0.05, 0.1) is 19.3 Å². The summed E-state index contributed by atoms with van der Waals surface area (Å²) in [5, 5.41) is 2.77. The van der Waals surface area contributed by atoms with Crippen LogP contribution in [0.5, 0.6) is 0 Å². The topological polar surface area (TPSA) is 51.5 Å². The number of anilines is 1. The molecular formula is C14H13F2NO3. The van der Waals surface area contributed by atoms with Gasteiger partial charge >= 0.3 is 5.97 Å². The number of carbonyl (C=O) groups excluding carboxylic acids is 1. The molecule has 0 spiro atoms. The third kappa shape index (κ3) is 2.96. The molecule has 0 amide bonds. The Morgan fingerprint density at radius 1 is 1.35 bits per heavy atom. The lowest BCUT2D eigenvalue weighted by atomic mass is 10.2. The number of hydrogen-bond acceptors (Lipinski definition) is 4. The van der Waals surface area contributed by atoms with E-state index >= 15 is 0 Å². The first kappa shape index (κ1) is 14.0. The van der Waals surface area contributed by atoms with E-state index in [4.69, 9.17) is 4.42 Å². The van der Waals surface area contributed by atoms with Crippen molar-refractivity contribution < 1.29 is 22.7 Å². The molecule has 1 heterocycles. The SMILES string of the molecule is COC(=O)c1cc(CNc2ccc(F)cc2F)oc1C. The van der Waals surface area contributed by atoms with E-state index < -0.39 is 17.6 Å². The van der Waals surface area contributed by atoms with Crippen molar-refractivity contribution in [2.45, 2.75) is 13.5 Å². The van der Waals surface area contributed by atoms with Crippen molar-refractivity contribution in [1.29, 1.82) is 0 Å². The van der Waals surface area contributed by atoms with Crippen LogP contribution in [0.2, 0.25) is 0 Å². The Labute approximate surface area is 114 Å². The number of carbonyl (C=O) groups is 1. The van der Waals surface area contributed by atoms with E-state index in [-0.39, 0.29) is 12.2 Å². The molecule has 0 bridgehead atoms. The Balaban J connectivity index is 2.09. The predicted octanol–water partition coefficient (Wildman–Crippen LogP) is 3.26. The molecule has 0 unspecified atom stereocenters. The Morgan fingerprint density at radius 2 is 2.10 bits per heavy atom. The van der Waals surface area contributed by atoms with Crippen LogP contribution in [0.3, 0.4) is 0 Å². The maximum Gasteiger partial charge on any atom is 0.341 e. The molecule has 0 saturated heterocycles. The third-order valence-corrected chi connectivity index (χ3v) is 2.76. The highest BCUT2D eigenvalue weighted by atomic mass is 19.1. The van der Waals surface area contributed by atoms with Gasteiger partial charge in [-0.1, -0.05) is 0 Å². The molecule has 106 valence electrons. The molecule has 1 aromatic heterocycles. The van der Waals surface area contributed by atoms with Crippen molar-refractivity contribution in [3.05, 3.63) is 53.0 Å². The molecule has 4 nitrogen and oxygen atoms in total. The minimum atomic E-state index is -0.693. The fraction of sp³-hybridized carbons (Fsp3) is 0.214. The number of hydrogen-bond donors (Lipinski definition) is 1. The molecule has 2 aromatic rings.